The van der Waals surface area contributed by atoms with Gasteiger partial charge in [-0.3, -0.25) is 4.79 Å². The number of nitrogens with zero attached hydrogens (tertiary/aromatic N) is 1. The quantitative estimate of drug-likeness (QED) is 0.490. The van der Waals surface area contributed by atoms with Gasteiger partial charge in [-0.05, 0) is 49.2 Å². The van der Waals surface area contributed by atoms with Crippen molar-refractivity contribution < 1.29 is 38.5 Å². The minimum atomic E-state index is -0.850. The standard InChI is InChI=1S/C25H29N3O8/c1-34-22(30)15-36-17-11-9-16(10-12-17)23(31)26-20-14-28(13-5-8-21(20)29)25(33)27-19-7-4-3-6-18(19)24(32)35-2/h3-4,6-7,9-12,20-21,29H,5,8,13-15H2,1-2H3,(H,26,31)(H,27,33)/t20-,21+/m0/s1. The average molecular weight is 500 g/mol. The summed E-state index contributed by atoms with van der Waals surface area (Å²) in [6.07, 6.45) is 0.0800. The van der Waals surface area contributed by atoms with Gasteiger partial charge in [0.15, 0.2) is 6.61 Å². The second-order valence-electron chi connectivity index (χ2n) is 8.09. The number of urea groups is 1. The van der Waals surface area contributed by atoms with Gasteiger partial charge in [0.1, 0.15) is 5.75 Å². The van der Waals surface area contributed by atoms with Crippen LogP contribution in [0.3, 0.4) is 0 Å². The van der Waals surface area contributed by atoms with Gasteiger partial charge in [-0.2, -0.15) is 0 Å². The minimum Gasteiger partial charge on any atom is -0.482 e. The van der Waals surface area contributed by atoms with Crippen LogP contribution in [0.5, 0.6) is 5.75 Å². The number of ether oxygens (including phenoxy) is 3. The van der Waals surface area contributed by atoms with E-state index in [-0.39, 0.29) is 18.7 Å². The molecule has 1 fully saturated rings. The monoisotopic (exact) mass is 499 g/mol. The number of rotatable bonds is 7. The number of likely N-dealkylation sites (tertiary alicyclic amines) is 1. The predicted molar refractivity (Wildman–Crippen MR) is 129 cm³/mol. The van der Waals surface area contributed by atoms with Crippen molar-refractivity contribution in [1.29, 1.82) is 0 Å². The zero-order chi connectivity index (χ0) is 26.1. The summed E-state index contributed by atoms with van der Waals surface area (Å²) in [6.45, 7) is 0.180. The lowest BCUT2D eigenvalue weighted by Crippen LogP contribution is -2.50. The number of para-hydroxylation sites is 1. The Morgan fingerprint density at radius 2 is 1.75 bits per heavy atom. The van der Waals surface area contributed by atoms with Crippen molar-refractivity contribution in [3.05, 3.63) is 59.7 Å². The molecule has 1 aliphatic rings. The van der Waals surface area contributed by atoms with Crippen LogP contribution in [0.1, 0.15) is 33.6 Å². The summed E-state index contributed by atoms with van der Waals surface area (Å²) < 4.78 is 14.5. The number of aliphatic hydroxyl groups excluding tert-OH is 1. The van der Waals surface area contributed by atoms with E-state index < -0.39 is 36.0 Å². The molecule has 2 aromatic rings. The van der Waals surface area contributed by atoms with Crippen molar-refractivity contribution in [3.63, 3.8) is 0 Å². The van der Waals surface area contributed by atoms with E-state index in [0.717, 1.165) is 0 Å². The molecule has 1 heterocycles. The maximum atomic E-state index is 13.0. The largest absolute Gasteiger partial charge is 0.482 e. The molecule has 2 atom stereocenters. The Kier molecular flexibility index (Phi) is 9.23. The van der Waals surface area contributed by atoms with Gasteiger partial charge in [-0.25, -0.2) is 14.4 Å². The van der Waals surface area contributed by atoms with Crippen LogP contribution < -0.4 is 15.4 Å². The lowest BCUT2D eigenvalue weighted by atomic mass is 10.1. The summed E-state index contributed by atoms with van der Waals surface area (Å²) in [5.41, 5.74) is 0.834. The maximum Gasteiger partial charge on any atom is 0.343 e. The molecule has 0 spiro atoms. The molecule has 0 aliphatic carbocycles. The van der Waals surface area contributed by atoms with Crippen LogP contribution in [0.2, 0.25) is 0 Å². The summed E-state index contributed by atoms with van der Waals surface area (Å²) in [5, 5.41) is 16.1. The Hall–Kier alpha value is -4.12. The Labute approximate surface area is 208 Å². The normalized spacial score (nSPS) is 17.4. The van der Waals surface area contributed by atoms with Crippen LogP contribution in [-0.4, -0.2) is 79.9 Å². The third-order valence-corrected chi connectivity index (χ3v) is 5.69. The third kappa shape index (κ3) is 6.95. The molecule has 36 heavy (non-hydrogen) atoms. The highest BCUT2D eigenvalue weighted by atomic mass is 16.6. The molecular formula is C25H29N3O8. The Morgan fingerprint density at radius 1 is 1.03 bits per heavy atom. The van der Waals surface area contributed by atoms with Gasteiger partial charge in [-0.15, -0.1) is 0 Å². The number of nitrogens with one attached hydrogen (secondary N) is 2. The van der Waals surface area contributed by atoms with Gasteiger partial charge in [0, 0.05) is 18.7 Å². The van der Waals surface area contributed by atoms with Crippen LogP contribution in [-0.2, 0) is 14.3 Å². The van der Waals surface area contributed by atoms with Crippen LogP contribution in [0.4, 0.5) is 10.5 Å². The molecule has 0 saturated carbocycles. The molecule has 1 saturated heterocycles. The molecule has 0 unspecified atom stereocenters. The molecule has 11 nitrogen and oxygen atoms in total. The predicted octanol–water partition coefficient (Wildman–Crippen LogP) is 1.81. The highest BCUT2D eigenvalue weighted by Gasteiger charge is 2.30. The number of carbonyl (C=O) groups is 4. The average Bonchev–Trinajstić information content (AvgIpc) is 3.08. The molecule has 192 valence electrons. The Balaban J connectivity index is 1.64. The van der Waals surface area contributed by atoms with Crippen molar-refractivity contribution >= 4 is 29.6 Å². The second-order valence-corrected chi connectivity index (χ2v) is 8.09. The number of aliphatic hydroxyl groups is 1. The molecule has 0 radical (unpaired) electrons. The summed E-state index contributed by atoms with van der Waals surface area (Å²) in [7, 11) is 2.51. The molecule has 0 aromatic heterocycles. The van der Waals surface area contributed by atoms with Gasteiger partial charge in [-0.1, -0.05) is 12.1 Å². The van der Waals surface area contributed by atoms with E-state index in [2.05, 4.69) is 15.4 Å². The number of amides is 3. The smallest absolute Gasteiger partial charge is 0.343 e. The summed E-state index contributed by atoms with van der Waals surface area (Å²) in [6, 6.07) is 11.4. The number of benzene rings is 2. The number of carbonyl (C=O) groups excluding carboxylic acids is 4. The number of anilines is 1. The van der Waals surface area contributed by atoms with E-state index in [1.54, 1.807) is 36.4 Å². The molecule has 0 bridgehead atoms. The van der Waals surface area contributed by atoms with Crippen molar-refractivity contribution in [1.82, 2.24) is 10.2 Å². The van der Waals surface area contributed by atoms with Crippen LogP contribution in [0, 0.1) is 0 Å². The molecule has 3 rings (SSSR count). The van der Waals surface area contributed by atoms with E-state index in [1.807, 2.05) is 0 Å². The fraction of sp³-hybridized carbons (Fsp3) is 0.360. The van der Waals surface area contributed by atoms with Crippen LogP contribution in [0.25, 0.3) is 0 Å². The van der Waals surface area contributed by atoms with Crippen molar-refractivity contribution in [2.45, 2.75) is 25.0 Å². The second kappa shape index (κ2) is 12.5. The first-order valence-corrected chi connectivity index (χ1v) is 11.3. The lowest BCUT2D eigenvalue weighted by Gasteiger charge is -2.27. The van der Waals surface area contributed by atoms with Crippen LogP contribution >= 0.6 is 0 Å². The van der Waals surface area contributed by atoms with Crippen molar-refractivity contribution in [2.24, 2.45) is 0 Å². The van der Waals surface area contributed by atoms with E-state index in [4.69, 9.17) is 9.47 Å². The van der Waals surface area contributed by atoms with Gasteiger partial charge in [0.2, 0.25) is 0 Å². The zero-order valence-electron chi connectivity index (χ0n) is 20.1. The maximum absolute atomic E-state index is 13.0. The number of esters is 2. The molecule has 1 aliphatic heterocycles. The number of methoxy groups -OCH3 is 2. The minimum absolute atomic E-state index is 0.0689. The fourth-order valence-corrected chi connectivity index (χ4v) is 3.70. The molecular weight excluding hydrogens is 470 g/mol. The summed E-state index contributed by atoms with van der Waals surface area (Å²) in [5.74, 6) is -1.15. The van der Waals surface area contributed by atoms with Crippen molar-refractivity contribution in [2.75, 3.05) is 39.2 Å². The van der Waals surface area contributed by atoms with Crippen LogP contribution in [0.15, 0.2) is 48.5 Å². The topological polar surface area (TPSA) is 144 Å². The first-order chi connectivity index (χ1) is 17.3. The van der Waals surface area contributed by atoms with E-state index >= 15 is 0 Å². The summed E-state index contributed by atoms with van der Waals surface area (Å²) in [4.78, 5) is 50.5. The molecule has 2 aromatic carbocycles. The van der Waals surface area contributed by atoms with Gasteiger partial charge in [0.25, 0.3) is 5.91 Å². The Bertz CT molecular complexity index is 1090. The van der Waals surface area contributed by atoms with Crippen molar-refractivity contribution in [3.8, 4) is 5.75 Å². The van der Waals surface area contributed by atoms with E-state index in [1.165, 1.54) is 31.3 Å². The lowest BCUT2D eigenvalue weighted by molar-refractivity contribution is -0.142. The first kappa shape index (κ1) is 26.5. The van der Waals surface area contributed by atoms with Gasteiger partial charge < -0.3 is 34.9 Å². The SMILES string of the molecule is COC(=O)COc1ccc(C(=O)N[C@H]2CN(C(=O)Nc3ccccc3C(=O)OC)CCC[C@H]2O)cc1. The highest BCUT2D eigenvalue weighted by molar-refractivity contribution is 6.01. The third-order valence-electron chi connectivity index (χ3n) is 5.69. The fourth-order valence-electron chi connectivity index (χ4n) is 3.70. The molecule has 11 heteroatoms. The van der Waals surface area contributed by atoms with Gasteiger partial charge >= 0.3 is 18.0 Å². The molecule has 3 amide bonds. The van der Waals surface area contributed by atoms with E-state index in [9.17, 15) is 24.3 Å². The molecule has 3 N–H and O–H groups in total. The highest BCUT2D eigenvalue weighted by Crippen LogP contribution is 2.19. The Morgan fingerprint density at radius 3 is 2.44 bits per heavy atom. The zero-order valence-corrected chi connectivity index (χ0v) is 20.1. The van der Waals surface area contributed by atoms with E-state index in [0.29, 0.717) is 36.4 Å². The first-order valence-electron chi connectivity index (χ1n) is 11.3. The number of hydrogen-bond donors (Lipinski definition) is 3. The number of hydrogen-bond acceptors (Lipinski definition) is 8. The van der Waals surface area contributed by atoms with Gasteiger partial charge in [0.05, 0.1) is 37.6 Å². The summed E-state index contributed by atoms with van der Waals surface area (Å²) >= 11 is 0.